The third-order valence-electron chi connectivity index (χ3n) is 6.95. The summed E-state index contributed by atoms with van der Waals surface area (Å²) in [4.78, 5) is 21.8. The van der Waals surface area contributed by atoms with Gasteiger partial charge in [-0.15, -0.1) is 0 Å². The van der Waals surface area contributed by atoms with Crippen molar-refractivity contribution in [2.24, 2.45) is 0 Å². The highest BCUT2D eigenvalue weighted by Gasteiger charge is 2.28. The van der Waals surface area contributed by atoms with Crippen LogP contribution in [0.5, 0.6) is 0 Å². The highest BCUT2D eigenvalue weighted by Crippen LogP contribution is 2.32. The standard InChI is InChI=1S/C25H29Cl2N5O/c1-17(20-7-5-18(26)14-21(20)27)32-16-29-22-8-6-19(15-24(22)32)30-10-12-31(13-11-30)25(33)23-4-2-3-9-28-23/h5-8,14-17,23,28H,2-4,9-13H2,1H3/t17-,23-/m1/s1. The van der Waals surface area contributed by atoms with Gasteiger partial charge in [0, 0.05) is 41.9 Å². The Morgan fingerprint density at radius 3 is 2.64 bits per heavy atom. The van der Waals surface area contributed by atoms with Gasteiger partial charge in [-0.05, 0) is 62.2 Å². The molecular formula is C25H29Cl2N5O. The van der Waals surface area contributed by atoms with E-state index in [1.54, 1.807) is 6.07 Å². The number of aromatic nitrogens is 2. The smallest absolute Gasteiger partial charge is 0.239 e. The third kappa shape index (κ3) is 4.57. The van der Waals surface area contributed by atoms with Crippen LogP contribution in [0.3, 0.4) is 0 Å². The Morgan fingerprint density at radius 1 is 1.09 bits per heavy atom. The van der Waals surface area contributed by atoms with Crippen LogP contribution in [-0.2, 0) is 4.79 Å². The minimum Gasteiger partial charge on any atom is -0.368 e. The number of fused-ring (bicyclic) bond motifs is 1. The first-order chi connectivity index (χ1) is 16.0. The van der Waals surface area contributed by atoms with Crippen molar-refractivity contribution in [1.29, 1.82) is 0 Å². The summed E-state index contributed by atoms with van der Waals surface area (Å²) in [6.07, 6.45) is 5.13. The number of hydrogen-bond acceptors (Lipinski definition) is 4. The maximum absolute atomic E-state index is 12.9. The van der Waals surface area contributed by atoms with E-state index >= 15 is 0 Å². The molecule has 2 aromatic carbocycles. The summed E-state index contributed by atoms with van der Waals surface area (Å²) in [5.41, 5.74) is 4.18. The predicted octanol–water partition coefficient (Wildman–Crippen LogP) is 4.74. The fourth-order valence-corrected chi connectivity index (χ4v) is 5.54. The summed E-state index contributed by atoms with van der Waals surface area (Å²) in [6, 6.07) is 12.0. The molecule has 33 heavy (non-hydrogen) atoms. The number of halogens is 2. The van der Waals surface area contributed by atoms with E-state index in [-0.39, 0.29) is 18.0 Å². The van der Waals surface area contributed by atoms with Crippen LogP contribution in [-0.4, -0.2) is 59.1 Å². The van der Waals surface area contributed by atoms with Crippen molar-refractivity contribution < 1.29 is 4.79 Å². The zero-order chi connectivity index (χ0) is 22.9. The number of hydrogen-bond donors (Lipinski definition) is 1. The molecule has 1 aromatic heterocycles. The molecule has 2 aliphatic heterocycles. The van der Waals surface area contributed by atoms with E-state index in [4.69, 9.17) is 23.2 Å². The topological polar surface area (TPSA) is 53.4 Å². The van der Waals surface area contributed by atoms with Crippen LogP contribution < -0.4 is 10.2 Å². The molecule has 0 aliphatic carbocycles. The number of imidazole rings is 1. The molecule has 2 fully saturated rings. The number of benzene rings is 2. The van der Waals surface area contributed by atoms with Gasteiger partial charge in [-0.3, -0.25) is 4.79 Å². The molecule has 0 spiro atoms. The summed E-state index contributed by atoms with van der Waals surface area (Å²) >= 11 is 12.6. The first kappa shape index (κ1) is 22.5. The zero-order valence-corrected chi connectivity index (χ0v) is 20.3. The van der Waals surface area contributed by atoms with Crippen molar-refractivity contribution in [3.05, 3.63) is 58.3 Å². The minimum absolute atomic E-state index is 0.00261. The molecule has 0 unspecified atom stereocenters. The highest BCUT2D eigenvalue weighted by molar-refractivity contribution is 6.35. The Kier molecular flexibility index (Phi) is 6.50. The molecule has 0 bridgehead atoms. The molecule has 0 saturated carbocycles. The Labute approximate surface area is 204 Å². The monoisotopic (exact) mass is 485 g/mol. The SMILES string of the molecule is C[C@H](c1ccc(Cl)cc1Cl)n1cnc2ccc(N3CCN(C(=O)[C@H]4CCCCN4)CC3)cc21. The molecule has 8 heteroatoms. The molecule has 1 amide bonds. The van der Waals surface area contributed by atoms with Crippen LogP contribution in [0.1, 0.15) is 37.8 Å². The van der Waals surface area contributed by atoms with Crippen LogP contribution in [0.4, 0.5) is 5.69 Å². The Bertz CT molecular complexity index is 1150. The van der Waals surface area contributed by atoms with Crippen molar-refractivity contribution >= 4 is 45.8 Å². The summed E-state index contributed by atoms with van der Waals surface area (Å²) < 4.78 is 2.16. The largest absolute Gasteiger partial charge is 0.368 e. The highest BCUT2D eigenvalue weighted by atomic mass is 35.5. The fourth-order valence-electron chi connectivity index (χ4n) is 4.98. The predicted molar refractivity (Wildman–Crippen MR) is 134 cm³/mol. The van der Waals surface area contributed by atoms with Crippen LogP contribution >= 0.6 is 23.2 Å². The molecule has 2 atom stereocenters. The third-order valence-corrected chi connectivity index (χ3v) is 7.52. The summed E-state index contributed by atoms with van der Waals surface area (Å²) in [5.74, 6) is 0.261. The minimum atomic E-state index is -0.00261. The van der Waals surface area contributed by atoms with Crippen molar-refractivity contribution in [2.45, 2.75) is 38.3 Å². The number of piperidine rings is 1. The van der Waals surface area contributed by atoms with Crippen LogP contribution in [0.2, 0.25) is 10.0 Å². The normalized spacial score (nSPS) is 20.3. The van der Waals surface area contributed by atoms with Gasteiger partial charge in [-0.1, -0.05) is 35.7 Å². The first-order valence-corrected chi connectivity index (χ1v) is 12.5. The second kappa shape index (κ2) is 9.53. The number of rotatable bonds is 4. The number of anilines is 1. The Balaban J connectivity index is 1.32. The number of carbonyl (C=O) groups is 1. The Morgan fingerprint density at radius 2 is 1.91 bits per heavy atom. The Hall–Kier alpha value is -2.28. The van der Waals surface area contributed by atoms with Gasteiger partial charge >= 0.3 is 0 Å². The molecule has 3 heterocycles. The molecule has 2 saturated heterocycles. The summed E-state index contributed by atoms with van der Waals surface area (Å²) in [5, 5.41) is 4.67. The molecule has 0 radical (unpaired) electrons. The average molecular weight is 486 g/mol. The van der Waals surface area contributed by atoms with Gasteiger partial charge in [-0.2, -0.15) is 0 Å². The van der Waals surface area contributed by atoms with E-state index < -0.39 is 0 Å². The lowest BCUT2D eigenvalue weighted by Crippen LogP contribution is -2.55. The average Bonchev–Trinajstić information content (AvgIpc) is 3.27. The summed E-state index contributed by atoms with van der Waals surface area (Å²) in [7, 11) is 0. The van der Waals surface area contributed by atoms with Gasteiger partial charge in [0.1, 0.15) is 0 Å². The molecule has 5 rings (SSSR count). The van der Waals surface area contributed by atoms with Gasteiger partial charge in [0.25, 0.3) is 0 Å². The second-order valence-electron chi connectivity index (χ2n) is 8.98. The fraction of sp³-hybridized carbons (Fsp3) is 0.440. The number of nitrogens with one attached hydrogen (secondary N) is 1. The molecular weight excluding hydrogens is 457 g/mol. The molecule has 3 aromatic rings. The zero-order valence-electron chi connectivity index (χ0n) is 18.8. The lowest BCUT2D eigenvalue weighted by molar-refractivity contribution is -0.134. The maximum atomic E-state index is 12.9. The van der Waals surface area contributed by atoms with Gasteiger partial charge in [0.2, 0.25) is 5.91 Å². The van der Waals surface area contributed by atoms with Gasteiger partial charge < -0.3 is 19.7 Å². The lowest BCUT2D eigenvalue weighted by Gasteiger charge is -2.38. The van der Waals surface area contributed by atoms with E-state index in [0.717, 1.165) is 67.8 Å². The quantitative estimate of drug-likeness (QED) is 0.579. The van der Waals surface area contributed by atoms with Crippen LogP contribution in [0.25, 0.3) is 11.0 Å². The van der Waals surface area contributed by atoms with E-state index in [9.17, 15) is 4.79 Å². The number of amides is 1. The molecule has 1 N–H and O–H groups in total. The number of carbonyl (C=O) groups excluding carboxylic acids is 1. The lowest BCUT2D eigenvalue weighted by atomic mass is 10.0. The van der Waals surface area contributed by atoms with Crippen molar-refractivity contribution in [2.75, 3.05) is 37.6 Å². The van der Waals surface area contributed by atoms with Gasteiger partial charge in [0.15, 0.2) is 0 Å². The van der Waals surface area contributed by atoms with Crippen molar-refractivity contribution in [3.63, 3.8) is 0 Å². The second-order valence-corrected chi connectivity index (χ2v) is 9.83. The van der Waals surface area contributed by atoms with Gasteiger partial charge in [-0.25, -0.2) is 4.98 Å². The van der Waals surface area contributed by atoms with Crippen LogP contribution in [0, 0.1) is 0 Å². The maximum Gasteiger partial charge on any atom is 0.239 e. The molecule has 174 valence electrons. The summed E-state index contributed by atoms with van der Waals surface area (Å²) in [6.45, 7) is 6.24. The first-order valence-electron chi connectivity index (χ1n) is 11.7. The van der Waals surface area contributed by atoms with E-state index in [1.807, 2.05) is 23.4 Å². The number of piperazine rings is 1. The van der Waals surface area contributed by atoms with Gasteiger partial charge in [0.05, 0.1) is 29.4 Å². The van der Waals surface area contributed by atoms with Crippen LogP contribution in [0.15, 0.2) is 42.7 Å². The molecule has 6 nitrogen and oxygen atoms in total. The van der Waals surface area contributed by atoms with E-state index in [1.165, 1.54) is 6.42 Å². The van der Waals surface area contributed by atoms with Crippen molar-refractivity contribution in [3.8, 4) is 0 Å². The van der Waals surface area contributed by atoms with E-state index in [2.05, 4.69) is 44.9 Å². The van der Waals surface area contributed by atoms with E-state index in [0.29, 0.717) is 10.0 Å². The van der Waals surface area contributed by atoms with Crippen molar-refractivity contribution in [1.82, 2.24) is 19.8 Å². The molecule has 2 aliphatic rings. The number of nitrogens with zero attached hydrogens (tertiary/aromatic N) is 4.